The molecule has 0 aliphatic heterocycles. The van der Waals surface area contributed by atoms with Gasteiger partial charge in [0.2, 0.25) is 0 Å². The number of hydrogen-bond acceptors (Lipinski definition) is 2. The van der Waals surface area contributed by atoms with Gasteiger partial charge in [0.05, 0.1) is 0 Å². The Morgan fingerprint density at radius 2 is 1.95 bits per heavy atom. The second-order valence-electron chi connectivity index (χ2n) is 6.13. The molecule has 1 aromatic rings. The van der Waals surface area contributed by atoms with Crippen LogP contribution in [-0.2, 0) is 16.6 Å². The van der Waals surface area contributed by atoms with Crippen molar-refractivity contribution < 1.29 is 14.6 Å². The molecule has 1 rings (SSSR count). The van der Waals surface area contributed by atoms with Crippen molar-refractivity contribution in [1.29, 1.82) is 0 Å². The van der Waals surface area contributed by atoms with Crippen LogP contribution < -0.4 is 4.74 Å². The molecule has 0 saturated carbocycles. The summed E-state index contributed by atoms with van der Waals surface area (Å²) in [6, 6.07) is 6.23. The predicted octanol–water partition coefficient (Wildman–Crippen LogP) is 4.35. The maximum Gasteiger partial charge on any atom is 0.331 e. The summed E-state index contributed by atoms with van der Waals surface area (Å²) >= 11 is 0. The van der Waals surface area contributed by atoms with Gasteiger partial charge in [-0.25, -0.2) is 4.79 Å². The Hall–Kier alpha value is -1.77. The Labute approximate surface area is 127 Å². The largest absolute Gasteiger partial charge is 0.489 e. The fourth-order valence-electron chi connectivity index (χ4n) is 2.12. The first-order chi connectivity index (χ1) is 9.79. The Kier molecular flexibility index (Phi) is 6.01. The standard InChI is InChI=1S/C18H26O3/c1-6-13-8-9-16(15(12-13)18(3,4)5)21-11-10-14(7-2)17(19)20/h8-10,12H,6-7,11H2,1-5H3,(H,19,20). The lowest BCUT2D eigenvalue weighted by atomic mass is 9.85. The lowest BCUT2D eigenvalue weighted by Crippen LogP contribution is -2.14. The van der Waals surface area contributed by atoms with Crippen LogP contribution in [0.2, 0.25) is 0 Å². The molecule has 0 spiro atoms. The summed E-state index contributed by atoms with van der Waals surface area (Å²) in [4.78, 5) is 11.0. The van der Waals surface area contributed by atoms with Crippen LogP contribution in [0, 0.1) is 0 Å². The van der Waals surface area contributed by atoms with Gasteiger partial charge in [-0.3, -0.25) is 0 Å². The number of aryl methyl sites for hydroxylation is 1. The third-order valence-corrected chi connectivity index (χ3v) is 3.48. The number of carboxylic acid groups (broad SMARTS) is 1. The smallest absolute Gasteiger partial charge is 0.331 e. The van der Waals surface area contributed by atoms with Crippen LogP contribution in [0.5, 0.6) is 5.75 Å². The van der Waals surface area contributed by atoms with E-state index in [0.717, 1.165) is 17.7 Å². The molecule has 0 bridgehead atoms. The summed E-state index contributed by atoms with van der Waals surface area (Å²) in [6.07, 6.45) is 3.13. The van der Waals surface area contributed by atoms with Crippen LogP contribution in [0.4, 0.5) is 0 Å². The number of benzene rings is 1. The van der Waals surface area contributed by atoms with E-state index in [9.17, 15) is 4.79 Å². The highest BCUT2D eigenvalue weighted by Gasteiger charge is 2.19. The molecule has 116 valence electrons. The molecule has 0 fully saturated rings. The first-order valence-electron chi connectivity index (χ1n) is 7.48. The van der Waals surface area contributed by atoms with Crippen molar-refractivity contribution in [1.82, 2.24) is 0 Å². The molecule has 0 heterocycles. The number of ether oxygens (including phenoxy) is 1. The van der Waals surface area contributed by atoms with Crippen molar-refractivity contribution in [2.75, 3.05) is 6.61 Å². The molecule has 21 heavy (non-hydrogen) atoms. The molecule has 0 saturated heterocycles. The van der Waals surface area contributed by atoms with Gasteiger partial charge in [0.1, 0.15) is 12.4 Å². The monoisotopic (exact) mass is 290 g/mol. The normalized spacial score (nSPS) is 12.3. The van der Waals surface area contributed by atoms with Crippen molar-refractivity contribution in [3.63, 3.8) is 0 Å². The minimum absolute atomic E-state index is 0.00931. The number of carboxylic acids is 1. The second-order valence-corrected chi connectivity index (χ2v) is 6.13. The molecular formula is C18H26O3. The van der Waals surface area contributed by atoms with E-state index in [0.29, 0.717) is 12.0 Å². The van der Waals surface area contributed by atoms with Crippen LogP contribution in [0.1, 0.15) is 52.2 Å². The molecule has 0 radical (unpaired) electrons. The van der Waals surface area contributed by atoms with Crippen molar-refractivity contribution in [3.05, 3.63) is 41.0 Å². The minimum Gasteiger partial charge on any atom is -0.489 e. The first kappa shape index (κ1) is 17.3. The summed E-state index contributed by atoms with van der Waals surface area (Å²) in [5.74, 6) is -0.0460. The highest BCUT2D eigenvalue weighted by molar-refractivity contribution is 5.86. The Bertz CT molecular complexity index is 522. The summed E-state index contributed by atoms with van der Waals surface area (Å²) in [5, 5.41) is 9.00. The van der Waals surface area contributed by atoms with Gasteiger partial charge in [0.15, 0.2) is 0 Å². The maximum absolute atomic E-state index is 11.0. The number of aliphatic carboxylic acids is 1. The molecule has 0 unspecified atom stereocenters. The summed E-state index contributed by atoms with van der Waals surface area (Å²) in [6.45, 7) is 10.7. The molecule has 0 aromatic heterocycles. The lowest BCUT2D eigenvalue weighted by molar-refractivity contribution is -0.132. The van der Waals surface area contributed by atoms with E-state index in [1.807, 2.05) is 13.0 Å². The molecule has 0 atom stereocenters. The van der Waals surface area contributed by atoms with E-state index >= 15 is 0 Å². The third-order valence-electron chi connectivity index (χ3n) is 3.48. The van der Waals surface area contributed by atoms with E-state index in [1.165, 1.54) is 5.56 Å². The van der Waals surface area contributed by atoms with Gasteiger partial charge >= 0.3 is 5.97 Å². The van der Waals surface area contributed by atoms with E-state index in [1.54, 1.807) is 6.08 Å². The summed E-state index contributed by atoms with van der Waals surface area (Å²) in [5.41, 5.74) is 2.81. The minimum atomic E-state index is -0.876. The Balaban J connectivity index is 2.96. The topological polar surface area (TPSA) is 46.5 Å². The third kappa shape index (κ3) is 4.92. The second kappa shape index (κ2) is 7.30. The molecule has 3 nitrogen and oxygen atoms in total. The van der Waals surface area contributed by atoms with E-state index in [2.05, 4.69) is 39.8 Å². The summed E-state index contributed by atoms with van der Waals surface area (Å²) < 4.78 is 5.81. The van der Waals surface area contributed by atoms with Crippen molar-refractivity contribution in [2.24, 2.45) is 0 Å². The van der Waals surface area contributed by atoms with Crippen molar-refractivity contribution in [3.8, 4) is 5.75 Å². The molecule has 1 N–H and O–H groups in total. The molecule has 3 heteroatoms. The van der Waals surface area contributed by atoms with E-state index < -0.39 is 5.97 Å². The van der Waals surface area contributed by atoms with Gasteiger partial charge in [-0.15, -0.1) is 0 Å². The fourth-order valence-corrected chi connectivity index (χ4v) is 2.12. The summed E-state index contributed by atoms with van der Waals surface area (Å²) in [7, 11) is 0. The highest BCUT2D eigenvalue weighted by Crippen LogP contribution is 2.32. The van der Waals surface area contributed by atoms with Gasteiger partial charge in [-0.1, -0.05) is 46.8 Å². The van der Waals surface area contributed by atoms with Gasteiger partial charge in [-0.2, -0.15) is 0 Å². The van der Waals surface area contributed by atoms with Gasteiger partial charge in [0, 0.05) is 5.57 Å². The van der Waals surface area contributed by atoms with E-state index in [-0.39, 0.29) is 12.0 Å². The maximum atomic E-state index is 11.0. The van der Waals surface area contributed by atoms with Crippen LogP contribution in [0.15, 0.2) is 29.8 Å². The Morgan fingerprint density at radius 1 is 1.29 bits per heavy atom. The quantitative estimate of drug-likeness (QED) is 0.792. The van der Waals surface area contributed by atoms with Crippen molar-refractivity contribution in [2.45, 2.75) is 52.9 Å². The predicted molar refractivity (Wildman–Crippen MR) is 86.0 cm³/mol. The van der Waals surface area contributed by atoms with Gasteiger partial charge in [-0.05, 0) is 41.5 Å². The van der Waals surface area contributed by atoms with Crippen LogP contribution >= 0.6 is 0 Å². The fraction of sp³-hybridized carbons (Fsp3) is 0.500. The average molecular weight is 290 g/mol. The number of carbonyl (C=O) groups is 1. The zero-order valence-corrected chi connectivity index (χ0v) is 13.7. The lowest BCUT2D eigenvalue weighted by Gasteiger charge is -2.23. The highest BCUT2D eigenvalue weighted by atomic mass is 16.5. The van der Waals surface area contributed by atoms with Crippen LogP contribution in [0.25, 0.3) is 0 Å². The van der Waals surface area contributed by atoms with Crippen LogP contribution in [0.3, 0.4) is 0 Å². The average Bonchev–Trinajstić information content (AvgIpc) is 2.42. The Morgan fingerprint density at radius 3 is 2.43 bits per heavy atom. The zero-order valence-electron chi connectivity index (χ0n) is 13.7. The van der Waals surface area contributed by atoms with Crippen molar-refractivity contribution >= 4 is 5.97 Å². The number of hydrogen-bond donors (Lipinski definition) is 1. The van der Waals surface area contributed by atoms with E-state index in [4.69, 9.17) is 9.84 Å². The van der Waals surface area contributed by atoms with Gasteiger partial charge in [0.25, 0.3) is 0 Å². The first-order valence-corrected chi connectivity index (χ1v) is 7.48. The van der Waals surface area contributed by atoms with Gasteiger partial charge < -0.3 is 9.84 Å². The number of rotatable bonds is 6. The molecule has 0 amide bonds. The molecule has 0 aliphatic rings. The molecule has 1 aromatic carbocycles. The molecule has 0 aliphatic carbocycles. The van der Waals surface area contributed by atoms with Crippen LogP contribution in [-0.4, -0.2) is 17.7 Å². The zero-order chi connectivity index (χ0) is 16.0. The SMILES string of the molecule is CCC(=CCOc1ccc(CC)cc1C(C)(C)C)C(=O)O. The molecular weight excluding hydrogens is 264 g/mol.